The van der Waals surface area contributed by atoms with Crippen LogP contribution < -0.4 is 0 Å². The van der Waals surface area contributed by atoms with Gasteiger partial charge >= 0.3 is 0 Å². The minimum absolute atomic E-state index is 0.372. The highest BCUT2D eigenvalue weighted by atomic mass is 35.5. The molecule has 0 aliphatic carbocycles. The summed E-state index contributed by atoms with van der Waals surface area (Å²) in [4.78, 5) is 2.43. The minimum Gasteiger partial charge on any atom is -0.385 e. The van der Waals surface area contributed by atoms with Crippen LogP contribution in [0.1, 0.15) is 13.3 Å². The summed E-state index contributed by atoms with van der Waals surface area (Å²) in [5, 5.41) is 0. The van der Waals surface area contributed by atoms with Crippen molar-refractivity contribution in [2.24, 2.45) is 0 Å². The van der Waals surface area contributed by atoms with Crippen molar-refractivity contribution in [2.75, 3.05) is 39.4 Å². The van der Waals surface area contributed by atoms with E-state index in [1.807, 2.05) is 0 Å². The van der Waals surface area contributed by atoms with Gasteiger partial charge in [0.05, 0.1) is 13.2 Å². The van der Waals surface area contributed by atoms with Gasteiger partial charge in [0.2, 0.25) is 0 Å². The molecular formula is C10H20ClNO2. The van der Waals surface area contributed by atoms with E-state index in [-0.39, 0.29) is 0 Å². The fourth-order valence-electron chi connectivity index (χ4n) is 1.84. The lowest BCUT2D eigenvalue weighted by atomic mass is 10.1. The Morgan fingerprint density at radius 3 is 3.07 bits per heavy atom. The molecule has 0 radical (unpaired) electrons. The predicted octanol–water partition coefficient (Wildman–Crippen LogP) is 1.35. The first-order chi connectivity index (χ1) is 6.79. The Bertz CT molecular complexity index is 157. The van der Waals surface area contributed by atoms with E-state index >= 15 is 0 Å². The average molecular weight is 222 g/mol. The Kier molecular flexibility index (Phi) is 5.78. The first-order valence-electron chi connectivity index (χ1n) is 5.18. The van der Waals surface area contributed by atoms with E-state index in [9.17, 15) is 0 Å². The van der Waals surface area contributed by atoms with Crippen LogP contribution in [0.25, 0.3) is 0 Å². The maximum absolute atomic E-state index is 5.90. The Hall–Kier alpha value is 0.170. The minimum atomic E-state index is 0.372. The zero-order chi connectivity index (χ0) is 10.4. The maximum atomic E-state index is 5.90. The normalized spacial score (nSPS) is 26.4. The first-order valence-corrected chi connectivity index (χ1v) is 5.71. The molecular weight excluding hydrogens is 202 g/mol. The highest BCUT2D eigenvalue weighted by Gasteiger charge is 2.25. The van der Waals surface area contributed by atoms with Crippen molar-refractivity contribution in [1.29, 1.82) is 0 Å². The molecule has 14 heavy (non-hydrogen) atoms. The van der Waals surface area contributed by atoms with Gasteiger partial charge in [0, 0.05) is 38.2 Å². The molecule has 0 aromatic rings. The quantitative estimate of drug-likeness (QED) is 0.655. The van der Waals surface area contributed by atoms with Crippen molar-refractivity contribution in [2.45, 2.75) is 25.4 Å². The van der Waals surface area contributed by atoms with Crippen LogP contribution >= 0.6 is 11.6 Å². The van der Waals surface area contributed by atoms with Crippen molar-refractivity contribution < 1.29 is 9.47 Å². The van der Waals surface area contributed by atoms with E-state index in [1.165, 1.54) is 0 Å². The van der Waals surface area contributed by atoms with E-state index in [1.54, 1.807) is 7.11 Å². The van der Waals surface area contributed by atoms with E-state index in [4.69, 9.17) is 21.1 Å². The number of rotatable bonds is 5. The van der Waals surface area contributed by atoms with Gasteiger partial charge in [-0.25, -0.2) is 0 Å². The van der Waals surface area contributed by atoms with Crippen LogP contribution in [0.4, 0.5) is 0 Å². The first kappa shape index (κ1) is 12.2. The van der Waals surface area contributed by atoms with Gasteiger partial charge < -0.3 is 9.47 Å². The van der Waals surface area contributed by atoms with Crippen molar-refractivity contribution in [1.82, 2.24) is 4.90 Å². The second kappa shape index (κ2) is 6.62. The Balaban J connectivity index is 2.37. The van der Waals surface area contributed by atoms with E-state index in [2.05, 4.69) is 11.8 Å². The van der Waals surface area contributed by atoms with Gasteiger partial charge in [-0.15, -0.1) is 11.6 Å². The SMILES string of the molecule is COCCC(C)N1CCOCC1CCl. The van der Waals surface area contributed by atoms with Crippen LogP contribution in [-0.4, -0.2) is 56.3 Å². The molecule has 0 aromatic heterocycles. The predicted molar refractivity (Wildman–Crippen MR) is 58.0 cm³/mol. The number of nitrogens with zero attached hydrogens (tertiary/aromatic N) is 1. The summed E-state index contributed by atoms with van der Waals surface area (Å²) >= 11 is 5.90. The maximum Gasteiger partial charge on any atom is 0.0634 e. The number of hydrogen-bond acceptors (Lipinski definition) is 3. The third-order valence-corrected chi connectivity index (χ3v) is 3.11. The van der Waals surface area contributed by atoms with Gasteiger partial charge in [-0.3, -0.25) is 4.90 Å². The standard InChI is InChI=1S/C10H20ClNO2/c1-9(3-5-13-2)12-4-6-14-8-10(12)7-11/h9-10H,3-8H2,1-2H3. The van der Waals surface area contributed by atoms with E-state index in [0.717, 1.165) is 32.8 Å². The molecule has 2 unspecified atom stereocenters. The van der Waals surface area contributed by atoms with Crippen molar-refractivity contribution in [3.8, 4) is 0 Å². The molecule has 4 heteroatoms. The van der Waals surface area contributed by atoms with Crippen LogP contribution in [-0.2, 0) is 9.47 Å². The molecule has 1 aliphatic rings. The summed E-state index contributed by atoms with van der Waals surface area (Å²) < 4.78 is 10.5. The number of halogens is 1. The summed E-state index contributed by atoms with van der Waals surface area (Å²) in [6, 6.07) is 0.903. The molecule has 0 aromatic carbocycles. The topological polar surface area (TPSA) is 21.7 Å². The van der Waals surface area contributed by atoms with Crippen LogP contribution in [0, 0.1) is 0 Å². The van der Waals surface area contributed by atoms with Gasteiger partial charge in [-0.2, -0.15) is 0 Å². The van der Waals surface area contributed by atoms with Crippen LogP contribution in [0.2, 0.25) is 0 Å². The van der Waals surface area contributed by atoms with Crippen molar-refractivity contribution >= 4 is 11.6 Å². The van der Waals surface area contributed by atoms with Gasteiger partial charge in [-0.05, 0) is 13.3 Å². The Morgan fingerprint density at radius 1 is 1.64 bits per heavy atom. The number of morpholine rings is 1. The molecule has 0 bridgehead atoms. The smallest absolute Gasteiger partial charge is 0.0634 e. The molecule has 0 saturated carbocycles. The van der Waals surface area contributed by atoms with E-state index in [0.29, 0.717) is 18.0 Å². The second-order valence-corrected chi connectivity index (χ2v) is 4.06. The lowest BCUT2D eigenvalue weighted by Crippen LogP contribution is -2.50. The molecule has 1 fully saturated rings. The molecule has 1 saturated heterocycles. The lowest BCUT2D eigenvalue weighted by Gasteiger charge is -2.38. The fourth-order valence-corrected chi connectivity index (χ4v) is 2.10. The zero-order valence-electron chi connectivity index (χ0n) is 9.04. The van der Waals surface area contributed by atoms with E-state index < -0.39 is 0 Å². The van der Waals surface area contributed by atoms with Crippen LogP contribution in [0.3, 0.4) is 0 Å². The Morgan fingerprint density at radius 2 is 2.43 bits per heavy atom. The molecule has 0 N–H and O–H groups in total. The number of hydrogen-bond donors (Lipinski definition) is 0. The summed E-state index contributed by atoms with van der Waals surface area (Å²) in [7, 11) is 1.74. The fraction of sp³-hybridized carbons (Fsp3) is 1.00. The summed E-state index contributed by atoms with van der Waals surface area (Å²) in [6.45, 7) is 5.62. The van der Waals surface area contributed by atoms with Crippen molar-refractivity contribution in [3.63, 3.8) is 0 Å². The monoisotopic (exact) mass is 221 g/mol. The summed E-state index contributed by atoms with van der Waals surface area (Å²) in [5.41, 5.74) is 0. The summed E-state index contributed by atoms with van der Waals surface area (Å²) in [5.74, 6) is 0.650. The molecule has 1 aliphatic heterocycles. The number of methoxy groups -OCH3 is 1. The zero-order valence-corrected chi connectivity index (χ0v) is 9.79. The number of alkyl halides is 1. The van der Waals surface area contributed by atoms with Gasteiger partial charge in [0.1, 0.15) is 0 Å². The largest absolute Gasteiger partial charge is 0.385 e. The van der Waals surface area contributed by atoms with Gasteiger partial charge in [-0.1, -0.05) is 0 Å². The Labute approximate surface area is 91.3 Å². The third kappa shape index (κ3) is 3.39. The van der Waals surface area contributed by atoms with Gasteiger partial charge in [0.15, 0.2) is 0 Å². The van der Waals surface area contributed by atoms with Crippen LogP contribution in [0.5, 0.6) is 0 Å². The van der Waals surface area contributed by atoms with Gasteiger partial charge in [0.25, 0.3) is 0 Å². The molecule has 2 atom stereocenters. The molecule has 3 nitrogen and oxygen atoms in total. The molecule has 1 heterocycles. The number of ether oxygens (including phenoxy) is 2. The second-order valence-electron chi connectivity index (χ2n) is 3.75. The lowest BCUT2D eigenvalue weighted by molar-refractivity contribution is -0.0223. The molecule has 84 valence electrons. The molecule has 1 rings (SSSR count). The highest BCUT2D eigenvalue weighted by molar-refractivity contribution is 6.18. The molecule has 0 spiro atoms. The summed E-state index contributed by atoms with van der Waals surface area (Å²) in [6.07, 6.45) is 1.06. The molecule has 0 amide bonds. The highest BCUT2D eigenvalue weighted by Crippen LogP contribution is 2.14. The van der Waals surface area contributed by atoms with Crippen molar-refractivity contribution in [3.05, 3.63) is 0 Å². The van der Waals surface area contributed by atoms with Crippen LogP contribution in [0.15, 0.2) is 0 Å². The average Bonchev–Trinajstić information content (AvgIpc) is 2.25. The third-order valence-electron chi connectivity index (χ3n) is 2.76.